The molecule has 0 aromatic rings. The molecule has 3 saturated heterocycles. The number of hydrogen-bond donors (Lipinski definition) is 1. The zero-order chi connectivity index (χ0) is 25.0. The summed E-state index contributed by atoms with van der Waals surface area (Å²) < 4.78 is 16.9. The van der Waals surface area contributed by atoms with Gasteiger partial charge < -0.3 is 19.5 Å². The third kappa shape index (κ3) is 12.1. The highest BCUT2D eigenvalue weighted by Crippen LogP contribution is 2.29. The average molecular weight is 490 g/mol. The smallest absolute Gasteiger partial charge is 0.0594 e. The summed E-state index contributed by atoms with van der Waals surface area (Å²) in [5.41, 5.74) is 0. The lowest BCUT2D eigenvalue weighted by molar-refractivity contribution is 0.0416. The molecule has 3 fully saturated rings. The molecule has 0 radical (unpaired) electrons. The van der Waals surface area contributed by atoms with Crippen LogP contribution in [-0.2, 0) is 14.2 Å². The topological polar surface area (TPSA) is 52.7 Å². The zero-order valence-corrected chi connectivity index (χ0v) is 23.4. The highest BCUT2D eigenvalue weighted by molar-refractivity contribution is 4.99. The lowest BCUT2D eigenvalue weighted by Gasteiger charge is -2.35. The first-order chi connectivity index (χ1) is 16.8. The Labute approximate surface area is 212 Å². The summed E-state index contributed by atoms with van der Waals surface area (Å²) in [6, 6.07) is 1.45. The fraction of sp³-hybridized carbons (Fsp3) is 1.00. The molecule has 0 saturated carbocycles. The molecule has 0 spiro atoms. The molecule has 3 heterocycles. The summed E-state index contributed by atoms with van der Waals surface area (Å²) in [7, 11) is 1.78. The van der Waals surface area contributed by atoms with Crippen LogP contribution in [0.25, 0.3) is 0 Å². The molecule has 3 aliphatic rings. The number of fused-ring (bicyclic) bond motifs is 2. The van der Waals surface area contributed by atoms with Gasteiger partial charge in [0.15, 0.2) is 0 Å². The summed E-state index contributed by atoms with van der Waals surface area (Å²) in [4.78, 5) is 10.3. The van der Waals surface area contributed by atoms with Crippen LogP contribution in [-0.4, -0.2) is 150 Å². The Balaban J connectivity index is 0.00000220. The van der Waals surface area contributed by atoms with E-state index in [4.69, 9.17) is 14.2 Å². The van der Waals surface area contributed by atoms with Crippen molar-refractivity contribution in [1.29, 1.82) is 0 Å². The molecule has 3 aliphatic heterocycles. The minimum Gasteiger partial charge on any atom is -0.383 e. The Hall–Kier alpha value is -0.320. The van der Waals surface area contributed by atoms with E-state index < -0.39 is 0 Å². The normalized spacial score (nSPS) is 23.5. The van der Waals surface area contributed by atoms with Gasteiger partial charge in [-0.25, -0.2) is 0 Å². The Morgan fingerprint density at radius 3 is 1.65 bits per heavy atom. The SMILES string of the molecule is CC.CC.CCNCCOCCN1CC2C[C@H]1CN2CCOCCN1CCN(CCOC)CC1.[HH]. The molecule has 206 valence electrons. The van der Waals surface area contributed by atoms with E-state index in [0.29, 0.717) is 0 Å². The molecular formula is C26H59N5O3. The van der Waals surface area contributed by atoms with Crippen LogP contribution >= 0.6 is 0 Å². The molecule has 2 bridgehead atoms. The molecule has 3 rings (SSSR count). The third-order valence-corrected chi connectivity index (χ3v) is 6.81. The van der Waals surface area contributed by atoms with Gasteiger partial charge >= 0.3 is 0 Å². The van der Waals surface area contributed by atoms with E-state index in [9.17, 15) is 0 Å². The minimum atomic E-state index is 0. The zero-order valence-electron chi connectivity index (χ0n) is 23.4. The molecule has 34 heavy (non-hydrogen) atoms. The number of nitrogens with one attached hydrogen (secondary N) is 1. The van der Waals surface area contributed by atoms with Crippen LogP contribution in [0.3, 0.4) is 0 Å². The van der Waals surface area contributed by atoms with E-state index >= 15 is 0 Å². The van der Waals surface area contributed by atoms with Gasteiger partial charge in [-0.05, 0) is 13.0 Å². The van der Waals surface area contributed by atoms with Gasteiger partial charge in [-0.1, -0.05) is 34.6 Å². The molecule has 0 amide bonds. The maximum absolute atomic E-state index is 5.98. The summed E-state index contributed by atoms with van der Waals surface area (Å²) in [6.45, 7) is 27.6. The summed E-state index contributed by atoms with van der Waals surface area (Å²) >= 11 is 0. The van der Waals surface area contributed by atoms with Crippen LogP contribution in [0.5, 0.6) is 0 Å². The Morgan fingerprint density at radius 2 is 1.18 bits per heavy atom. The van der Waals surface area contributed by atoms with Crippen molar-refractivity contribution >= 4 is 0 Å². The van der Waals surface area contributed by atoms with Gasteiger partial charge in [0, 0.05) is 92.6 Å². The summed E-state index contributed by atoms with van der Waals surface area (Å²) in [5, 5.41) is 3.30. The molecular weight excluding hydrogens is 430 g/mol. The quantitative estimate of drug-likeness (QED) is 0.330. The van der Waals surface area contributed by atoms with Gasteiger partial charge in [-0.3, -0.25) is 19.6 Å². The first-order valence-corrected chi connectivity index (χ1v) is 14.1. The van der Waals surface area contributed by atoms with Crippen LogP contribution in [0.15, 0.2) is 0 Å². The van der Waals surface area contributed by atoms with Crippen LogP contribution in [0, 0.1) is 0 Å². The highest BCUT2D eigenvalue weighted by atomic mass is 16.5. The second-order valence-corrected chi connectivity index (χ2v) is 8.79. The average Bonchev–Trinajstić information content (AvgIpc) is 3.48. The van der Waals surface area contributed by atoms with E-state index in [-0.39, 0.29) is 1.43 Å². The molecule has 0 aliphatic carbocycles. The number of likely N-dealkylation sites (N-methyl/N-ethyl adjacent to an activating group) is 1. The molecule has 8 heteroatoms. The van der Waals surface area contributed by atoms with Crippen molar-refractivity contribution in [2.75, 3.05) is 119 Å². The van der Waals surface area contributed by atoms with Crippen LogP contribution < -0.4 is 5.32 Å². The van der Waals surface area contributed by atoms with Crippen molar-refractivity contribution in [2.24, 2.45) is 0 Å². The molecule has 1 N–H and O–H groups in total. The van der Waals surface area contributed by atoms with Gasteiger partial charge in [0.1, 0.15) is 0 Å². The van der Waals surface area contributed by atoms with E-state index in [1.165, 1.54) is 19.5 Å². The van der Waals surface area contributed by atoms with Gasteiger partial charge in [-0.15, -0.1) is 0 Å². The van der Waals surface area contributed by atoms with E-state index in [1.807, 2.05) is 27.7 Å². The first kappa shape index (κ1) is 31.7. The van der Waals surface area contributed by atoms with Gasteiger partial charge in [0.2, 0.25) is 0 Å². The Kier molecular flexibility index (Phi) is 19.4. The maximum Gasteiger partial charge on any atom is 0.0594 e. The minimum absolute atomic E-state index is 0. The van der Waals surface area contributed by atoms with E-state index in [2.05, 4.69) is 31.8 Å². The van der Waals surface area contributed by atoms with Crippen LogP contribution in [0.4, 0.5) is 0 Å². The highest BCUT2D eigenvalue weighted by Gasteiger charge is 2.42. The molecule has 2 atom stereocenters. The predicted octanol–water partition coefficient (Wildman–Crippen LogP) is 1.95. The molecule has 0 aromatic carbocycles. The van der Waals surface area contributed by atoms with Gasteiger partial charge in [0.25, 0.3) is 0 Å². The predicted molar refractivity (Wildman–Crippen MR) is 145 cm³/mol. The lowest BCUT2D eigenvalue weighted by Crippen LogP contribution is -2.48. The number of methoxy groups -OCH3 is 1. The molecule has 8 nitrogen and oxygen atoms in total. The number of piperazine rings is 2. The Morgan fingerprint density at radius 1 is 0.706 bits per heavy atom. The van der Waals surface area contributed by atoms with Crippen molar-refractivity contribution in [1.82, 2.24) is 24.9 Å². The monoisotopic (exact) mass is 489 g/mol. The first-order valence-electron chi connectivity index (χ1n) is 14.1. The third-order valence-electron chi connectivity index (χ3n) is 6.81. The van der Waals surface area contributed by atoms with E-state index in [0.717, 1.165) is 111 Å². The molecule has 0 aromatic heterocycles. The maximum atomic E-state index is 5.98. The molecule has 1 unspecified atom stereocenters. The summed E-state index contributed by atoms with van der Waals surface area (Å²) in [5.74, 6) is 0. The van der Waals surface area contributed by atoms with E-state index in [1.54, 1.807) is 7.11 Å². The van der Waals surface area contributed by atoms with Gasteiger partial charge in [-0.2, -0.15) is 0 Å². The van der Waals surface area contributed by atoms with Crippen molar-refractivity contribution in [3.63, 3.8) is 0 Å². The number of nitrogens with zero attached hydrogens (tertiary/aromatic N) is 4. The number of likely N-dealkylation sites (tertiary alicyclic amines) is 2. The number of hydrogen-bond acceptors (Lipinski definition) is 8. The van der Waals surface area contributed by atoms with Crippen molar-refractivity contribution < 1.29 is 15.6 Å². The summed E-state index contributed by atoms with van der Waals surface area (Å²) in [6.07, 6.45) is 1.32. The van der Waals surface area contributed by atoms with Crippen LogP contribution in [0.1, 0.15) is 42.5 Å². The standard InChI is InChI=1S/C22H45N5O3.2C2H6.H2/c1-3-23-4-13-29-16-11-26-19-22-18-21(26)20-27(22)12-17-30-15-10-25-7-5-24(6-8-25)9-14-28-2;2*1-2;/h21-23H,3-20H2,1-2H3;2*1-2H3;1H/t21-,22?;;;/m0.../s1. The number of rotatable bonds is 16. The van der Waals surface area contributed by atoms with Crippen molar-refractivity contribution in [2.45, 2.75) is 53.1 Å². The van der Waals surface area contributed by atoms with Crippen molar-refractivity contribution in [3.8, 4) is 0 Å². The van der Waals surface area contributed by atoms with Crippen molar-refractivity contribution in [3.05, 3.63) is 0 Å². The number of ether oxygens (including phenoxy) is 3. The second kappa shape index (κ2) is 20.8. The fourth-order valence-electron chi connectivity index (χ4n) is 4.92. The second-order valence-electron chi connectivity index (χ2n) is 8.79. The Bertz CT molecular complexity index is 459. The fourth-order valence-corrected chi connectivity index (χ4v) is 4.92. The largest absolute Gasteiger partial charge is 0.383 e. The van der Waals surface area contributed by atoms with Gasteiger partial charge in [0.05, 0.1) is 33.0 Å². The lowest BCUT2D eigenvalue weighted by atomic mass is 10.2. The van der Waals surface area contributed by atoms with Crippen LogP contribution in [0.2, 0.25) is 0 Å².